The van der Waals surface area contributed by atoms with Gasteiger partial charge < -0.3 is 10.1 Å². The SMILES string of the molecule is CC[C@H](C(=O)NCCCN1CCOCC1)N(c1cccc(C)c1)S(C)(=O)=O. The maximum atomic E-state index is 12.7. The van der Waals surface area contributed by atoms with Crippen molar-refractivity contribution in [2.24, 2.45) is 0 Å². The lowest BCUT2D eigenvalue weighted by atomic mass is 10.1. The van der Waals surface area contributed by atoms with Gasteiger partial charge >= 0.3 is 0 Å². The molecule has 0 saturated carbocycles. The third-order valence-corrected chi connectivity index (χ3v) is 5.82. The predicted octanol–water partition coefficient (Wildman–Crippen LogP) is 1.38. The number of amides is 1. The van der Waals surface area contributed by atoms with Crippen molar-refractivity contribution in [1.82, 2.24) is 10.2 Å². The summed E-state index contributed by atoms with van der Waals surface area (Å²) in [5.41, 5.74) is 1.47. The van der Waals surface area contributed by atoms with E-state index >= 15 is 0 Å². The van der Waals surface area contributed by atoms with Gasteiger partial charge in [0.1, 0.15) is 6.04 Å². The smallest absolute Gasteiger partial charge is 0.243 e. The van der Waals surface area contributed by atoms with E-state index in [1.54, 1.807) is 18.2 Å². The van der Waals surface area contributed by atoms with Gasteiger partial charge in [0.05, 0.1) is 25.2 Å². The Balaban J connectivity index is 1.99. The minimum Gasteiger partial charge on any atom is -0.379 e. The average molecular weight is 398 g/mol. The molecule has 0 unspecified atom stereocenters. The number of carbonyl (C=O) groups excluding carboxylic acids is 1. The molecule has 1 aromatic rings. The standard InChI is InChI=1S/C19H31N3O4S/c1-4-18(19(23)20-9-6-10-21-11-13-26-14-12-21)22(27(3,24)25)17-8-5-7-16(2)15-17/h5,7-8,15,18H,4,6,9-14H2,1-3H3,(H,20,23)/t18-/m1/s1. The number of hydrogen-bond acceptors (Lipinski definition) is 5. The molecular weight excluding hydrogens is 366 g/mol. The highest BCUT2D eigenvalue weighted by Crippen LogP contribution is 2.23. The molecule has 0 spiro atoms. The Morgan fingerprint density at radius 1 is 1.33 bits per heavy atom. The van der Waals surface area contributed by atoms with E-state index in [1.807, 2.05) is 19.9 Å². The molecule has 1 heterocycles. The Hall–Kier alpha value is -1.64. The Morgan fingerprint density at radius 2 is 2.04 bits per heavy atom. The molecule has 1 aliphatic rings. The van der Waals surface area contributed by atoms with Crippen molar-refractivity contribution in [1.29, 1.82) is 0 Å². The molecule has 0 radical (unpaired) electrons. The molecule has 27 heavy (non-hydrogen) atoms. The lowest BCUT2D eigenvalue weighted by molar-refractivity contribution is -0.122. The van der Waals surface area contributed by atoms with Crippen molar-refractivity contribution >= 4 is 21.6 Å². The van der Waals surface area contributed by atoms with Gasteiger partial charge in [-0.15, -0.1) is 0 Å². The van der Waals surface area contributed by atoms with Crippen LogP contribution in [0.15, 0.2) is 24.3 Å². The largest absolute Gasteiger partial charge is 0.379 e. The fraction of sp³-hybridized carbons (Fsp3) is 0.632. The highest BCUT2D eigenvalue weighted by Gasteiger charge is 2.31. The molecule has 1 atom stereocenters. The summed E-state index contributed by atoms with van der Waals surface area (Å²) < 4.78 is 31.4. The molecule has 2 rings (SSSR count). The number of carbonyl (C=O) groups is 1. The number of hydrogen-bond donors (Lipinski definition) is 1. The Labute approximate surface area is 162 Å². The summed E-state index contributed by atoms with van der Waals surface area (Å²) in [6.45, 7) is 8.49. The molecule has 152 valence electrons. The van der Waals surface area contributed by atoms with Crippen LogP contribution in [-0.4, -0.2) is 70.9 Å². The highest BCUT2D eigenvalue weighted by molar-refractivity contribution is 7.92. The van der Waals surface area contributed by atoms with Crippen LogP contribution < -0.4 is 9.62 Å². The predicted molar refractivity (Wildman–Crippen MR) is 107 cm³/mol. The molecule has 1 N–H and O–H groups in total. The molecule has 7 nitrogen and oxygen atoms in total. The van der Waals surface area contributed by atoms with Gasteiger partial charge in [0.25, 0.3) is 0 Å². The third-order valence-electron chi connectivity index (χ3n) is 4.64. The van der Waals surface area contributed by atoms with E-state index in [4.69, 9.17) is 4.74 Å². The molecule has 0 bridgehead atoms. The first kappa shape index (κ1) is 21.7. The van der Waals surface area contributed by atoms with Crippen LogP contribution >= 0.6 is 0 Å². The number of nitrogens with zero attached hydrogens (tertiary/aromatic N) is 2. The first-order valence-corrected chi connectivity index (χ1v) is 11.3. The average Bonchev–Trinajstić information content (AvgIpc) is 2.62. The monoisotopic (exact) mass is 397 g/mol. The van der Waals surface area contributed by atoms with Crippen LogP contribution in [0, 0.1) is 6.92 Å². The quantitative estimate of drug-likeness (QED) is 0.637. The number of rotatable bonds is 9. The minimum absolute atomic E-state index is 0.258. The number of anilines is 1. The van der Waals surface area contributed by atoms with Crippen LogP contribution in [0.3, 0.4) is 0 Å². The summed E-state index contributed by atoms with van der Waals surface area (Å²) in [4.78, 5) is 15.0. The minimum atomic E-state index is -3.59. The van der Waals surface area contributed by atoms with E-state index in [0.29, 0.717) is 18.7 Å². The van der Waals surface area contributed by atoms with Crippen LogP contribution in [0.5, 0.6) is 0 Å². The summed E-state index contributed by atoms with van der Waals surface area (Å²) >= 11 is 0. The van der Waals surface area contributed by atoms with Gasteiger partial charge in [0.2, 0.25) is 15.9 Å². The van der Waals surface area contributed by atoms with Crippen molar-refractivity contribution < 1.29 is 17.9 Å². The number of aryl methyl sites for hydroxylation is 1. The molecule has 0 aromatic heterocycles. The van der Waals surface area contributed by atoms with E-state index in [2.05, 4.69) is 10.2 Å². The van der Waals surface area contributed by atoms with Gasteiger partial charge in [0.15, 0.2) is 0 Å². The fourth-order valence-corrected chi connectivity index (χ4v) is 4.49. The van der Waals surface area contributed by atoms with Crippen molar-refractivity contribution in [2.45, 2.75) is 32.7 Å². The van der Waals surface area contributed by atoms with Crippen LogP contribution in [0.1, 0.15) is 25.3 Å². The van der Waals surface area contributed by atoms with Crippen LogP contribution in [0.25, 0.3) is 0 Å². The first-order chi connectivity index (χ1) is 12.8. The molecule has 1 aromatic carbocycles. The summed E-state index contributed by atoms with van der Waals surface area (Å²) in [5, 5.41) is 2.91. The zero-order valence-electron chi connectivity index (χ0n) is 16.5. The van der Waals surface area contributed by atoms with Crippen molar-refractivity contribution in [3.05, 3.63) is 29.8 Å². The van der Waals surface area contributed by atoms with E-state index in [1.165, 1.54) is 4.31 Å². The Kier molecular flexibility index (Phi) is 8.07. The maximum Gasteiger partial charge on any atom is 0.243 e. The normalized spacial score (nSPS) is 16.7. The Bertz CT molecular complexity index is 717. The second kappa shape index (κ2) is 10.1. The molecule has 8 heteroatoms. The lowest BCUT2D eigenvalue weighted by Crippen LogP contribution is -2.49. The van der Waals surface area contributed by atoms with Crippen molar-refractivity contribution in [3.8, 4) is 0 Å². The zero-order valence-corrected chi connectivity index (χ0v) is 17.3. The lowest BCUT2D eigenvalue weighted by Gasteiger charge is -2.30. The molecule has 1 amide bonds. The number of benzene rings is 1. The first-order valence-electron chi connectivity index (χ1n) is 9.47. The van der Waals surface area contributed by atoms with Crippen LogP contribution in [-0.2, 0) is 19.6 Å². The number of nitrogens with one attached hydrogen (secondary N) is 1. The summed E-state index contributed by atoms with van der Waals surface area (Å²) in [7, 11) is -3.59. The van der Waals surface area contributed by atoms with E-state index in [-0.39, 0.29) is 5.91 Å². The molecule has 1 saturated heterocycles. The van der Waals surface area contributed by atoms with E-state index in [0.717, 1.165) is 51.1 Å². The van der Waals surface area contributed by atoms with Crippen molar-refractivity contribution in [2.75, 3.05) is 50.0 Å². The second-order valence-corrected chi connectivity index (χ2v) is 8.78. The van der Waals surface area contributed by atoms with Gasteiger partial charge in [-0.05, 0) is 44.0 Å². The molecular formula is C19H31N3O4S. The fourth-order valence-electron chi connectivity index (χ4n) is 3.28. The topological polar surface area (TPSA) is 79.0 Å². The van der Waals surface area contributed by atoms with Gasteiger partial charge in [-0.25, -0.2) is 8.42 Å². The number of sulfonamides is 1. The van der Waals surface area contributed by atoms with Crippen LogP contribution in [0.2, 0.25) is 0 Å². The zero-order chi connectivity index (χ0) is 19.9. The van der Waals surface area contributed by atoms with E-state index in [9.17, 15) is 13.2 Å². The van der Waals surface area contributed by atoms with E-state index < -0.39 is 16.1 Å². The van der Waals surface area contributed by atoms with Gasteiger partial charge in [0, 0.05) is 19.6 Å². The van der Waals surface area contributed by atoms with Gasteiger partial charge in [-0.1, -0.05) is 19.1 Å². The number of morpholine rings is 1. The van der Waals surface area contributed by atoms with Crippen molar-refractivity contribution in [3.63, 3.8) is 0 Å². The van der Waals surface area contributed by atoms with Crippen LogP contribution in [0.4, 0.5) is 5.69 Å². The summed E-state index contributed by atoms with van der Waals surface area (Å²) in [5.74, 6) is -0.258. The molecule has 1 aliphatic heterocycles. The highest BCUT2D eigenvalue weighted by atomic mass is 32.2. The van der Waals surface area contributed by atoms with Gasteiger partial charge in [-0.2, -0.15) is 0 Å². The maximum absolute atomic E-state index is 12.7. The Morgan fingerprint density at radius 3 is 2.63 bits per heavy atom. The number of ether oxygens (including phenoxy) is 1. The third kappa shape index (κ3) is 6.48. The molecule has 1 fully saturated rings. The summed E-state index contributed by atoms with van der Waals surface area (Å²) in [6.07, 6.45) is 2.37. The molecule has 0 aliphatic carbocycles. The second-order valence-electron chi connectivity index (χ2n) is 6.92. The van der Waals surface area contributed by atoms with Gasteiger partial charge in [-0.3, -0.25) is 14.0 Å². The summed E-state index contributed by atoms with van der Waals surface area (Å²) in [6, 6.07) is 6.45.